The Bertz CT molecular complexity index is 746. The number of rotatable bonds is 9. The summed E-state index contributed by atoms with van der Waals surface area (Å²) in [4.78, 5) is 16.2. The van der Waals surface area contributed by atoms with Crippen molar-refractivity contribution in [2.45, 2.75) is 13.0 Å². The average molecular weight is 417 g/mol. The molecular formula is C23H29ClN2O3. The Morgan fingerprint density at radius 2 is 1.66 bits per heavy atom. The van der Waals surface area contributed by atoms with Gasteiger partial charge in [0.1, 0.15) is 6.61 Å². The first-order valence-corrected chi connectivity index (χ1v) is 10.6. The Balaban J connectivity index is 1.55. The molecule has 1 heterocycles. The van der Waals surface area contributed by atoms with Gasteiger partial charge in [-0.2, -0.15) is 0 Å². The van der Waals surface area contributed by atoms with Crippen molar-refractivity contribution in [3.05, 3.63) is 70.7 Å². The van der Waals surface area contributed by atoms with Crippen molar-refractivity contribution in [3.8, 4) is 0 Å². The Labute approximate surface area is 178 Å². The third kappa shape index (κ3) is 6.54. The van der Waals surface area contributed by atoms with Crippen molar-refractivity contribution in [1.29, 1.82) is 0 Å². The van der Waals surface area contributed by atoms with Gasteiger partial charge in [-0.25, -0.2) is 4.79 Å². The Kier molecular flexibility index (Phi) is 8.50. The summed E-state index contributed by atoms with van der Waals surface area (Å²) in [6.45, 7) is 7.47. The van der Waals surface area contributed by atoms with Crippen molar-refractivity contribution in [2.24, 2.45) is 0 Å². The zero-order valence-corrected chi connectivity index (χ0v) is 17.7. The number of piperazine rings is 1. The highest BCUT2D eigenvalue weighted by atomic mass is 35.5. The van der Waals surface area contributed by atoms with Gasteiger partial charge in [0, 0.05) is 37.7 Å². The van der Waals surface area contributed by atoms with E-state index in [-0.39, 0.29) is 18.6 Å². The molecule has 0 aliphatic carbocycles. The highest BCUT2D eigenvalue weighted by molar-refractivity contribution is 6.30. The van der Waals surface area contributed by atoms with Crippen LogP contribution in [0.2, 0.25) is 5.02 Å². The molecule has 1 aliphatic heterocycles. The van der Waals surface area contributed by atoms with E-state index >= 15 is 0 Å². The molecule has 29 heavy (non-hydrogen) atoms. The molecule has 3 rings (SSSR count). The van der Waals surface area contributed by atoms with E-state index < -0.39 is 0 Å². The van der Waals surface area contributed by atoms with Crippen LogP contribution in [-0.4, -0.2) is 68.3 Å². The summed E-state index contributed by atoms with van der Waals surface area (Å²) in [6.07, 6.45) is 0. The van der Waals surface area contributed by atoms with Crippen molar-refractivity contribution < 1.29 is 14.3 Å². The molecule has 0 unspecified atom stereocenters. The maximum absolute atomic E-state index is 11.3. The topological polar surface area (TPSA) is 42.0 Å². The van der Waals surface area contributed by atoms with E-state index in [4.69, 9.17) is 21.1 Å². The first-order chi connectivity index (χ1) is 14.2. The fraction of sp³-hybridized carbons (Fsp3) is 0.435. The largest absolute Gasteiger partial charge is 0.464 e. The second-order valence-electron chi connectivity index (χ2n) is 7.10. The number of benzene rings is 2. The minimum Gasteiger partial charge on any atom is -0.464 e. The number of carbonyl (C=O) groups is 1. The molecule has 0 radical (unpaired) electrons. The molecule has 2 aromatic rings. The maximum Gasteiger partial charge on any atom is 0.332 e. The zero-order valence-electron chi connectivity index (χ0n) is 16.9. The number of esters is 1. The molecule has 0 saturated carbocycles. The quantitative estimate of drug-likeness (QED) is 0.461. The smallest absolute Gasteiger partial charge is 0.332 e. The molecular weight excluding hydrogens is 388 g/mol. The first-order valence-electron chi connectivity index (χ1n) is 10.2. The molecule has 5 nitrogen and oxygen atoms in total. The van der Waals surface area contributed by atoms with E-state index in [2.05, 4.69) is 52.3 Å². The third-order valence-corrected chi connectivity index (χ3v) is 5.40. The van der Waals surface area contributed by atoms with Crippen LogP contribution in [0, 0.1) is 0 Å². The predicted molar refractivity (Wildman–Crippen MR) is 115 cm³/mol. The molecule has 2 aromatic carbocycles. The van der Waals surface area contributed by atoms with Gasteiger partial charge in [-0.1, -0.05) is 54.1 Å². The van der Waals surface area contributed by atoms with Gasteiger partial charge in [0.15, 0.2) is 0 Å². The third-order valence-electron chi connectivity index (χ3n) is 5.15. The lowest BCUT2D eigenvalue weighted by Crippen LogP contribution is -2.48. The summed E-state index contributed by atoms with van der Waals surface area (Å²) in [5.74, 6) is -0.300. The lowest BCUT2D eigenvalue weighted by atomic mass is 9.96. The van der Waals surface area contributed by atoms with E-state index in [9.17, 15) is 4.79 Å². The van der Waals surface area contributed by atoms with Gasteiger partial charge in [-0.05, 0) is 30.2 Å². The van der Waals surface area contributed by atoms with Crippen LogP contribution in [0.3, 0.4) is 0 Å². The van der Waals surface area contributed by atoms with Gasteiger partial charge in [-0.3, -0.25) is 9.80 Å². The lowest BCUT2D eigenvalue weighted by Gasteiger charge is -2.39. The molecule has 1 fully saturated rings. The van der Waals surface area contributed by atoms with E-state index in [1.165, 1.54) is 11.1 Å². The monoisotopic (exact) mass is 416 g/mol. The Morgan fingerprint density at radius 3 is 2.31 bits per heavy atom. The zero-order chi connectivity index (χ0) is 20.5. The fourth-order valence-corrected chi connectivity index (χ4v) is 3.82. The molecule has 0 amide bonds. The SMILES string of the molecule is CCOC(=O)COCCN1CCN([C@@H](c2ccccc2)c2ccc(Cl)cc2)CC1. The summed E-state index contributed by atoms with van der Waals surface area (Å²) in [5, 5.41) is 0.758. The van der Waals surface area contributed by atoms with Gasteiger partial charge in [-0.15, -0.1) is 0 Å². The summed E-state index contributed by atoms with van der Waals surface area (Å²) in [6, 6.07) is 19.0. The lowest BCUT2D eigenvalue weighted by molar-refractivity contribution is -0.148. The maximum atomic E-state index is 11.3. The molecule has 1 aliphatic rings. The number of hydrogen-bond acceptors (Lipinski definition) is 5. The first kappa shape index (κ1) is 21.8. The molecule has 1 atom stereocenters. The summed E-state index contributed by atoms with van der Waals surface area (Å²) in [7, 11) is 0. The number of halogens is 1. The van der Waals surface area contributed by atoms with Gasteiger partial charge in [0.05, 0.1) is 19.3 Å². The van der Waals surface area contributed by atoms with Crippen molar-refractivity contribution in [2.75, 3.05) is 52.5 Å². The van der Waals surface area contributed by atoms with E-state index in [1.807, 2.05) is 12.1 Å². The van der Waals surface area contributed by atoms with Crippen LogP contribution in [0.25, 0.3) is 0 Å². The van der Waals surface area contributed by atoms with Gasteiger partial charge in [0.2, 0.25) is 0 Å². The highest BCUT2D eigenvalue weighted by Crippen LogP contribution is 2.30. The molecule has 156 valence electrons. The highest BCUT2D eigenvalue weighted by Gasteiger charge is 2.26. The van der Waals surface area contributed by atoms with Gasteiger partial charge < -0.3 is 9.47 Å². The second kappa shape index (κ2) is 11.3. The molecule has 0 N–H and O–H groups in total. The second-order valence-corrected chi connectivity index (χ2v) is 7.54. The standard InChI is InChI=1S/C23H29ClN2O3/c1-2-29-22(27)18-28-17-16-25-12-14-26(15-13-25)23(19-6-4-3-5-7-19)20-8-10-21(24)11-9-20/h3-11,23H,2,12-18H2,1H3/t23-/m0/s1. The fourth-order valence-electron chi connectivity index (χ4n) is 3.69. The summed E-state index contributed by atoms with van der Waals surface area (Å²) in [5.41, 5.74) is 2.55. The normalized spacial score (nSPS) is 16.5. The minimum absolute atomic E-state index is 0.0282. The predicted octanol–water partition coefficient (Wildman–Crippen LogP) is 3.63. The van der Waals surface area contributed by atoms with E-state index in [1.54, 1.807) is 6.92 Å². The minimum atomic E-state index is -0.300. The van der Waals surface area contributed by atoms with E-state index in [0.29, 0.717) is 13.2 Å². The summed E-state index contributed by atoms with van der Waals surface area (Å²) < 4.78 is 10.3. The van der Waals surface area contributed by atoms with Crippen LogP contribution in [0.4, 0.5) is 0 Å². The van der Waals surface area contributed by atoms with Crippen molar-refractivity contribution in [1.82, 2.24) is 9.80 Å². The summed E-state index contributed by atoms with van der Waals surface area (Å²) >= 11 is 6.10. The number of hydrogen-bond donors (Lipinski definition) is 0. The van der Waals surface area contributed by atoms with Gasteiger partial charge >= 0.3 is 5.97 Å². The van der Waals surface area contributed by atoms with Crippen LogP contribution >= 0.6 is 11.6 Å². The van der Waals surface area contributed by atoms with Crippen LogP contribution in [-0.2, 0) is 14.3 Å². The Morgan fingerprint density at radius 1 is 1.00 bits per heavy atom. The van der Waals surface area contributed by atoms with Crippen LogP contribution in [0.5, 0.6) is 0 Å². The molecule has 1 saturated heterocycles. The van der Waals surface area contributed by atoms with Crippen LogP contribution < -0.4 is 0 Å². The molecule has 0 spiro atoms. The number of carbonyl (C=O) groups excluding carboxylic acids is 1. The van der Waals surface area contributed by atoms with Gasteiger partial charge in [0.25, 0.3) is 0 Å². The molecule has 6 heteroatoms. The van der Waals surface area contributed by atoms with Crippen LogP contribution in [0.1, 0.15) is 24.1 Å². The number of ether oxygens (including phenoxy) is 2. The Hall–Kier alpha value is -1.92. The van der Waals surface area contributed by atoms with Crippen LogP contribution in [0.15, 0.2) is 54.6 Å². The average Bonchev–Trinajstić information content (AvgIpc) is 2.75. The molecule has 0 aromatic heterocycles. The number of nitrogens with zero attached hydrogens (tertiary/aromatic N) is 2. The van der Waals surface area contributed by atoms with E-state index in [0.717, 1.165) is 37.7 Å². The van der Waals surface area contributed by atoms with Crippen molar-refractivity contribution in [3.63, 3.8) is 0 Å². The van der Waals surface area contributed by atoms with Crippen molar-refractivity contribution >= 4 is 17.6 Å². The molecule has 0 bridgehead atoms.